The summed E-state index contributed by atoms with van der Waals surface area (Å²) in [6, 6.07) is 15.4. The Morgan fingerprint density at radius 2 is 0.652 bits per heavy atom. The summed E-state index contributed by atoms with van der Waals surface area (Å²) in [6.07, 6.45) is 8.68. The lowest BCUT2D eigenvalue weighted by atomic mass is 10.0. The summed E-state index contributed by atoms with van der Waals surface area (Å²) in [5.41, 5.74) is 3.35. The van der Waals surface area contributed by atoms with Crippen molar-refractivity contribution in [2.75, 3.05) is 73.6 Å². The quantitative estimate of drug-likeness (QED) is 0.0487. The number of phenols is 3. The number of benzene rings is 3. The Hall–Kier alpha value is -10.9. The standard InChI is InChI=1S/2C32H27Cl5N6O3.C32H27Cl4FN6O3/c2*1-6-20(44)42-10-9-41(13-16(42)5)29-17-11-19(33)27(21-22(34)24(36)25(37)30(45)23(21)35)40-31(17)43(32(46)18(29)12-38)28-15(4)7-8-39-26(28)14(2)3;1-6-20(44)42-10-9-41(13-16(42)5)29-17-11-19(33)27(21-22(34)23(35)24(36)30(45)25(21)37)40-31(17)43(32(46)18(29)12-38)28-15(4)7-8-39-26(28)14(2)3/h3*6-8,11,14,16,45H,1,9-10,13H2,2-5H3/t3*16-/m111/s1. The van der Waals surface area contributed by atoms with Crippen molar-refractivity contribution in [1.82, 2.24) is 58.3 Å². The molecule has 12 heterocycles. The van der Waals surface area contributed by atoms with Crippen LogP contribution in [-0.2, 0) is 14.4 Å². The summed E-state index contributed by atoms with van der Waals surface area (Å²) >= 11 is 90.5. The number of pyridine rings is 9. The number of hydrogen-bond donors (Lipinski definition) is 3. The predicted molar refractivity (Wildman–Crippen MR) is 548 cm³/mol. The molecule has 15 rings (SSSR count). The molecule has 3 N–H and O–H groups in total. The average Bonchev–Trinajstić information content (AvgIpc) is 0.726. The normalized spacial score (nSPS) is 15.0. The Morgan fingerprint density at radius 3 is 0.899 bits per heavy atom. The smallest absolute Gasteiger partial charge is 0.276 e. The highest BCUT2D eigenvalue weighted by Gasteiger charge is 2.40. The molecule has 0 saturated carbocycles. The van der Waals surface area contributed by atoms with Crippen LogP contribution in [0.5, 0.6) is 17.2 Å². The molecule has 0 unspecified atom stereocenters. The van der Waals surface area contributed by atoms with Crippen molar-refractivity contribution in [2.45, 2.75) is 119 Å². The first-order valence-corrected chi connectivity index (χ1v) is 47.7. The van der Waals surface area contributed by atoms with Crippen molar-refractivity contribution < 1.29 is 34.1 Å². The van der Waals surface area contributed by atoms with Crippen molar-refractivity contribution in [2.24, 2.45) is 0 Å². The maximum absolute atomic E-state index is 15.6. The Balaban J connectivity index is 0.000000175. The highest BCUT2D eigenvalue weighted by atomic mass is 35.5. The van der Waals surface area contributed by atoms with Gasteiger partial charge in [-0.15, -0.1) is 0 Å². The SMILES string of the molecule is C=CC(=O)N1CCN(c2c(C#N)c(=O)n(-c3c(C)ccnc3C(C)C)c3nc(-c4c(Cl)c(O)c(Cl)c(Cl)c4Cl)c(Cl)cc23)C[C@H]1C.C=CC(=O)N1CCN(c2c(C#N)c(=O)n(-c3c(C)ccnc3C(C)C)c3nc(-c4c(Cl)c(O)c(Cl)c(Cl)c4Cl)c(Cl)cc23)C[C@H]1C.C=CC(=O)N1CCN(c2c(C#N)c(=O)n(-c3c(C)ccnc3C(C)C)c3nc(-c4c(F)c(O)c(Cl)c(Cl)c4Cl)c(Cl)cc23)C[C@H]1C. The lowest BCUT2D eigenvalue weighted by Gasteiger charge is -2.41. The van der Waals surface area contributed by atoms with Gasteiger partial charge in [0.25, 0.3) is 16.7 Å². The van der Waals surface area contributed by atoms with Gasteiger partial charge in [-0.2, -0.15) is 15.8 Å². The third-order valence-electron chi connectivity index (χ3n) is 24.0. The van der Waals surface area contributed by atoms with Crippen LogP contribution in [0.25, 0.3) is 83.9 Å². The summed E-state index contributed by atoms with van der Waals surface area (Å²) in [7, 11) is 0. The molecule has 0 aliphatic carbocycles. The number of fused-ring (bicyclic) bond motifs is 3. The van der Waals surface area contributed by atoms with Gasteiger partial charge in [0.05, 0.1) is 129 Å². The van der Waals surface area contributed by atoms with Gasteiger partial charge in [-0.05, 0) is 131 Å². The number of phenolic OH excluding ortho intramolecular Hbond substituents is 3. The minimum Gasteiger partial charge on any atom is -0.505 e. The summed E-state index contributed by atoms with van der Waals surface area (Å²) in [4.78, 5) is 120. The third-order valence-corrected chi connectivity index (χ3v) is 29.5. The van der Waals surface area contributed by atoms with E-state index in [1.165, 1.54) is 38.0 Å². The Kier molecular flexibility index (Phi) is 31.7. The summed E-state index contributed by atoms with van der Waals surface area (Å²) in [6.45, 7) is 36.2. The second kappa shape index (κ2) is 41.9. The number of aromatic hydroxyl groups is 3. The van der Waals surface area contributed by atoms with Crippen molar-refractivity contribution in [3.63, 3.8) is 0 Å². The summed E-state index contributed by atoms with van der Waals surface area (Å²) < 4.78 is 19.6. The fourth-order valence-corrected chi connectivity index (χ4v) is 21.0. The number of hydrogen-bond acceptors (Lipinski definition) is 21. The fraction of sp³-hybridized carbons (Fsp3) is 0.281. The Labute approximate surface area is 860 Å². The van der Waals surface area contributed by atoms with E-state index in [2.05, 4.69) is 52.9 Å². The highest BCUT2D eigenvalue weighted by Crippen LogP contribution is 2.55. The molecule has 0 bridgehead atoms. The van der Waals surface area contributed by atoms with Crippen LogP contribution >= 0.6 is 162 Å². The number of carbonyl (C=O) groups excluding carboxylic acids is 3. The number of nitrogens with zero attached hydrogens (tertiary/aromatic N) is 18. The average molecular weight is 2150 g/mol. The number of aromatic nitrogens is 9. The molecule has 12 aromatic rings. The molecule has 3 aromatic carbocycles. The van der Waals surface area contributed by atoms with Gasteiger partial charge in [0.15, 0.2) is 23.1 Å². The molecule has 0 radical (unpaired) electrons. The number of amides is 3. The van der Waals surface area contributed by atoms with E-state index >= 15 is 4.39 Å². The first-order valence-electron chi connectivity index (χ1n) is 42.4. The number of aryl methyl sites for hydroxylation is 3. The molecule has 0 spiro atoms. The zero-order valence-electron chi connectivity index (χ0n) is 75.4. The van der Waals surface area contributed by atoms with E-state index in [1.807, 2.05) is 90.9 Å². The Morgan fingerprint density at radius 1 is 0.399 bits per heavy atom. The molecule has 3 fully saturated rings. The number of halogens is 15. The first-order chi connectivity index (χ1) is 65.2. The van der Waals surface area contributed by atoms with Gasteiger partial charge < -0.3 is 44.7 Å². The zero-order chi connectivity index (χ0) is 101. The molecule has 3 aliphatic rings. The third kappa shape index (κ3) is 18.6. The van der Waals surface area contributed by atoms with E-state index < -0.39 is 50.3 Å². The number of piperazine rings is 3. The van der Waals surface area contributed by atoms with Gasteiger partial charge in [-0.1, -0.05) is 224 Å². The van der Waals surface area contributed by atoms with E-state index in [-0.39, 0.29) is 200 Å². The zero-order valence-corrected chi connectivity index (χ0v) is 86.0. The maximum atomic E-state index is 15.6. The number of nitriles is 3. The van der Waals surface area contributed by atoms with Gasteiger partial charge in [0.1, 0.15) is 66.9 Å². The van der Waals surface area contributed by atoms with Crippen molar-refractivity contribution >= 4 is 230 Å². The molecular formula is C96H81Cl14FN18O9. The maximum Gasteiger partial charge on any atom is 0.276 e. The molecule has 3 atom stereocenters. The molecule has 3 aliphatic heterocycles. The van der Waals surface area contributed by atoms with Crippen LogP contribution in [0.3, 0.4) is 0 Å². The second-order valence-electron chi connectivity index (χ2n) is 33.6. The lowest BCUT2D eigenvalue weighted by Crippen LogP contribution is -2.54. The minimum absolute atomic E-state index is 0.00390. The summed E-state index contributed by atoms with van der Waals surface area (Å²) in [5.74, 6) is -4.24. The van der Waals surface area contributed by atoms with Crippen LogP contribution in [-0.4, -0.2) is 168 Å². The number of rotatable bonds is 15. The molecule has 3 amide bonds. The van der Waals surface area contributed by atoms with Gasteiger partial charge >= 0.3 is 0 Å². The highest BCUT2D eigenvalue weighted by molar-refractivity contribution is 6.54. The van der Waals surface area contributed by atoms with Crippen molar-refractivity contribution in [3.05, 3.63) is 251 Å². The molecule has 27 nitrogen and oxygen atoms in total. The molecule has 42 heteroatoms. The lowest BCUT2D eigenvalue weighted by molar-refractivity contribution is -0.129. The minimum atomic E-state index is -1.21. The first kappa shape index (κ1) is 104. The van der Waals surface area contributed by atoms with Crippen molar-refractivity contribution in [3.8, 4) is 86.3 Å². The topological polar surface area (TPSA) is 346 Å². The van der Waals surface area contributed by atoms with Crippen LogP contribution in [0.2, 0.25) is 70.3 Å². The monoisotopic (exact) mass is 2140 g/mol. The van der Waals surface area contributed by atoms with Crippen LogP contribution in [0.1, 0.15) is 131 Å². The van der Waals surface area contributed by atoms with Gasteiger partial charge in [0, 0.05) is 123 Å². The second-order valence-corrected chi connectivity index (χ2v) is 39.0. The predicted octanol–water partition coefficient (Wildman–Crippen LogP) is 23.3. The van der Waals surface area contributed by atoms with Gasteiger partial charge in [-0.25, -0.2) is 19.3 Å². The number of anilines is 3. The van der Waals surface area contributed by atoms with E-state index in [0.717, 1.165) is 0 Å². The molecule has 714 valence electrons. The molecular weight excluding hydrogens is 2060 g/mol. The van der Waals surface area contributed by atoms with E-state index in [1.54, 1.807) is 70.5 Å². The summed E-state index contributed by atoms with van der Waals surface area (Å²) in [5, 5.41) is 61.5. The van der Waals surface area contributed by atoms with Gasteiger partial charge in [0.2, 0.25) is 17.7 Å². The van der Waals surface area contributed by atoms with E-state index in [9.17, 15) is 59.9 Å². The van der Waals surface area contributed by atoms with E-state index in [0.29, 0.717) is 124 Å². The number of carbonyl (C=O) groups is 3. The Bertz CT molecular complexity index is 6780. The fourth-order valence-electron chi connectivity index (χ4n) is 17.4. The van der Waals surface area contributed by atoms with E-state index in [4.69, 9.17) is 177 Å². The van der Waals surface area contributed by atoms with Crippen LogP contribution in [0.4, 0.5) is 21.5 Å². The van der Waals surface area contributed by atoms with Crippen LogP contribution in [0, 0.1) is 60.6 Å². The van der Waals surface area contributed by atoms with Gasteiger partial charge in [-0.3, -0.25) is 57.4 Å². The molecule has 138 heavy (non-hydrogen) atoms. The van der Waals surface area contributed by atoms with Crippen LogP contribution in [0.15, 0.2) is 107 Å². The van der Waals surface area contributed by atoms with Crippen molar-refractivity contribution in [1.29, 1.82) is 15.8 Å². The molecule has 9 aromatic heterocycles. The largest absolute Gasteiger partial charge is 0.505 e. The van der Waals surface area contributed by atoms with Crippen LogP contribution < -0.4 is 31.4 Å². The molecule has 3 saturated heterocycles.